The molecule has 0 radical (unpaired) electrons. The summed E-state index contributed by atoms with van der Waals surface area (Å²) in [5.41, 5.74) is 1.78. The van der Waals surface area contributed by atoms with Crippen LogP contribution in [0.15, 0.2) is 22.7 Å². The van der Waals surface area contributed by atoms with Crippen molar-refractivity contribution in [2.45, 2.75) is 26.4 Å². The van der Waals surface area contributed by atoms with Gasteiger partial charge in [0, 0.05) is 29.3 Å². The minimum absolute atomic E-state index is 0.0398. The average Bonchev–Trinajstić information content (AvgIpc) is 2.23. The van der Waals surface area contributed by atoms with Crippen molar-refractivity contribution < 1.29 is 9.53 Å². The summed E-state index contributed by atoms with van der Waals surface area (Å²) in [5.74, 6) is 0.0398. The van der Waals surface area contributed by atoms with Gasteiger partial charge in [-0.15, -0.1) is 0 Å². The van der Waals surface area contributed by atoms with Crippen LogP contribution in [0.3, 0.4) is 0 Å². The number of amides is 1. The van der Waals surface area contributed by atoms with Crippen LogP contribution in [0.25, 0.3) is 0 Å². The van der Waals surface area contributed by atoms with Crippen LogP contribution in [0.2, 0.25) is 0 Å². The molecule has 16 heavy (non-hydrogen) atoms. The van der Waals surface area contributed by atoms with Crippen molar-refractivity contribution in [3.05, 3.63) is 28.2 Å². The number of methoxy groups -OCH3 is 1. The lowest BCUT2D eigenvalue weighted by Gasteiger charge is -2.11. The van der Waals surface area contributed by atoms with Crippen LogP contribution in [-0.2, 0) is 16.1 Å². The Balaban J connectivity index is 2.85. The van der Waals surface area contributed by atoms with Gasteiger partial charge in [-0.2, -0.15) is 0 Å². The highest BCUT2D eigenvalue weighted by Gasteiger charge is 2.08. The van der Waals surface area contributed by atoms with Crippen LogP contribution in [0.4, 0.5) is 5.69 Å². The molecule has 0 aliphatic rings. The minimum atomic E-state index is 0.0398. The quantitative estimate of drug-likeness (QED) is 0.901. The Kier molecular flexibility index (Phi) is 5.49. The van der Waals surface area contributed by atoms with Gasteiger partial charge in [0.15, 0.2) is 0 Å². The van der Waals surface area contributed by atoms with Crippen LogP contribution in [0.1, 0.15) is 25.3 Å². The number of ether oxygens (including phenoxy) is 1. The molecule has 1 amide bonds. The number of carbonyl (C=O) groups excluding carboxylic acids is 1. The maximum absolute atomic E-state index is 11.5. The zero-order chi connectivity index (χ0) is 12.0. The lowest BCUT2D eigenvalue weighted by molar-refractivity contribution is -0.116. The third kappa shape index (κ3) is 3.61. The molecule has 0 spiro atoms. The van der Waals surface area contributed by atoms with Crippen molar-refractivity contribution in [1.82, 2.24) is 0 Å². The largest absolute Gasteiger partial charge is 0.380 e. The maximum atomic E-state index is 11.5. The molecule has 1 aromatic carbocycles. The van der Waals surface area contributed by atoms with E-state index < -0.39 is 0 Å². The molecule has 1 rings (SSSR count). The van der Waals surface area contributed by atoms with Crippen LogP contribution < -0.4 is 5.32 Å². The predicted molar refractivity (Wildman–Crippen MR) is 68.4 cm³/mol. The zero-order valence-corrected chi connectivity index (χ0v) is 11.1. The molecule has 0 saturated heterocycles. The van der Waals surface area contributed by atoms with E-state index in [9.17, 15) is 4.79 Å². The summed E-state index contributed by atoms with van der Waals surface area (Å²) in [4.78, 5) is 11.5. The summed E-state index contributed by atoms with van der Waals surface area (Å²) in [6.07, 6.45) is 1.39. The highest BCUT2D eigenvalue weighted by molar-refractivity contribution is 9.10. The van der Waals surface area contributed by atoms with E-state index in [1.807, 2.05) is 25.1 Å². The minimum Gasteiger partial charge on any atom is -0.380 e. The molecule has 0 saturated carbocycles. The summed E-state index contributed by atoms with van der Waals surface area (Å²) in [7, 11) is 1.64. The van der Waals surface area contributed by atoms with Gasteiger partial charge in [0.1, 0.15) is 0 Å². The van der Waals surface area contributed by atoms with Crippen LogP contribution in [0.5, 0.6) is 0 Å². The topological polar surface area (TPSA) is 38.3 Å². The summed E-state index contributed by atoms with van der Waals surface area (Å²) < 4.78 is 6.06. The molecular weight excluding hydrogens is 270 g/mol. The van der Waals surface area contributed by atoms with Gasteiger partial charge >= 0.3 is 0 Å². The monoisotopic (exact) mass is 285 g/mol. The highest BCUT2D eigenvalue weighted by Crippen LogP contribution is 2.25. The highest BCUT2D eigenvalue weighted by atomic mass is 79.9. The number of anilines is 1. The van der Waals surface area contributed by atoms with Crippen molar-refractivity contribution in [3.63, 3.8) is 0 Å². The van der Waals surface area contributed by atoms with Gasteiger partial charge in [-0.3, -0.25) is 4.79 Å². The fraction of sp³-hybridized carbons (Fsp3) is 0.417. The van der Waals surface area contributed by atoms with E-state index >= 15 is 0 Å². The second-order valence-electron chi connectivity index (χ2n) is 3.50. The fourth-order valence-electron chi connectivity index (χ4n) is 1.41. The number of nitrogens with one attached hydrogen (secondary N) is 1. The number of carbonyl (C=O) groups is 1. The molecule has 0 aliphatic carbocycles. The predicted octanol–water partition coefficient (Wildman–Crippen LogP) is 3.33. The maximum Gasteiger partial charge on any atom is 0.224 e. The van der Waals surface area contributed by atoms with Crippen LogP contribution >= 0.6 is 15.9 Å². The summed E-state index contributed by atoms with van der Waals surface area (Å²) in [6.45, 7) is 2.46. The van der Waals surface area contributed by atoms with Crippen molar-refractivity contribution >= 4 is 27.5 Å². The molecule has 0 unspecified atom stereocenters. The molecule has 0 heterocycles. The fourth-order valence-corrected chi connectivity index (χ4v) is 1.89. The lowest BCUT2D eigenvalue weighted by Crippen LogP contribution is -2.12. The Bertz CT molecular complexity index is 366. The van der Waals surface area contributed by atoms with Gasteiger partial charge in [-0.05, 0) is 18.6 Å². The van der Waals surface area contributed by atoms with E-state index in [2.05, 4.69) is 21.2 Å². The number of benzene rings is 1. The Morgan fingerprint density at radius 3 is 2.88 bits per heavy atom. The van der Waals surface area contributed by atoms with Crippen molar-refractivity contribution in [3.8, 4) is 0 Å². The van der Waals surface area contributed by atoms with Gasteiger partial charge in [0.2, 0.25) is 5.91 Å². The van der Waals surface area contributed by atoms with Gasteiger partial charge in [-0.25, -0.2) is 0 Å². The lowest BCUT2D eigenvalue weighted by atomic mass is 10.2. The molecular formula is C12H16BrNO2. The SMILES string of the molecule is CCCC(=O)Nc1cccc(Br)c1COC. The Hall–Kier alpha value is -0.870. The van der Waals surface area contributed by atoms with Crippen molar-refractivity contribution in [2.24, 2.45) is 0 Å². The third-order valence-corrected chi connectivity index (χ3v) is 2.90. The second-order valence-corrected chi connectivity index (χ2v) is 4.35. The van der Waals surface area contributed by atoms with E-state index in [4.69, 9.17) is 4.74 Å². The summed E-state index contributed by atoms with van der Waals surface area (Å²) in [5, 5.41) is 2.89. The first-order chi connectivity index (χ1) is 7.69. The first-order valence-corrected chi connectivity index (χ1v) is 6.04. The van der Waals surface area contributed by atoms with Gasteiger partial charge in [0.25, 0.3) is 0 Å². The zero-order valence-electron chi connectivity index (χ0n) is 9.55. The number of halogens is 1. The Labute approximate surface area is 104 Å². The molecule has 0 aromatic heterocycles. The third-order valence-electron chi connectivity index (χ3n) is 2.16. The van der Waals surface area contributed by atoms with E-state index in [-0.39, 0.29) is 5.91 Å². The molecule has 0 atom stereocenters. The number of rotatable bonds is 5. The molecule has 88 valence electrons. The van der Waals surface area contributed by atoms with E-state index in [0.717, 1.165) is 22.1 Å². The molecule has 1 N–H and O–H groups in total. The smallest absolute Gasteiger partial charge is 0.224 e. The average molecular weight is 286 g/mol. The normalized spacial score (nSPS) is 10.2. The first kappa shape index (κ1) is 13.2. The van der Waals surface area contributed by atoms with Gasteiger partial charge < -0.3 is 10.1 Å². The molecule has 1 aromatic rings. The molecule has 0 bridgehead atoms. The molecule has 3 nitrogen and oxygen atoms in total. The van der Waals surface area contributed by atoms with Crippen molar-refractivity contribution in [1.29, 1.82) is 0 Å². The number of hydrogen-bond donors (Lipinski definition) is 1. The van der Waals surface area contributed by atoms with Crippen LogP contribution in [0, 0.1) is 0 Å². The van der Waals surface area contributed by atoms with Crippen molar-refractivity contribution in [2.75, 3.05) is 12.4 Å². The van der Waals surface area contributed by atoms with E-state index in [1.54, 1.807) is 7.11 Å². The standard InChI is InChI=1S/C12H16BrNO2/c1-3-5-12(15)14-11-7-4-6-10(13)9(11)8-16-2/h4,6-7H,3,5,8H2,1-2H3,(H,14,15). The van der Waals surface area contributed by atoms with Gasteiger partial charge in [0.05, 0.1) is 6.61 Å². The first-order valence-electron chi connectivity index (χ1n) is 5.25. The summed E-state index contributed by atoms with van der Waals surface area (Å²) in [6, 6.07) is 5.71. The van der Waals surface area contributed by atoms with E-state index in [0.29, 0.717) is 13.0 Å². The Morgan fingerprint density at radius 1 is 1.50 bits per heavy atom. The summed E-state index contributed by atoms with van der Waals surface area (Å²) >= 11 is 3.45. The second kappa shape index (κ2) is 6.66. The molecule has 4 heteroatoms. The van der Waals surface area contributed by atoms with Gasteiger partial charge in [-0.1, -0.05) is 28.9 Å². The Morgan fingerprint density at radius 2 is 2.25 bits per heavy atom. The molecule has 0 aliphatic heterocycles. The number of hydrogen-bond acceptors (Lipinski definition) is 2. The van der Waals surface area contributed by atoms with E-state index in [1.165, 1.54) is 0 Å². The van der Waals surface area contributed by atoms with Crippen LogP contribution in [-0.4, -0.2) is 13.0 Å². The molecule has 0 fully saturated rings.